The maximum absolute atomic E-state index is 11.8. The molecule has 2 rings (SSSR count). The summed E-state index contributed by atoms with van der Waals surface area (Å²) in [6.45, 7) is 0.536. The van der Waals surface area contributed by atoms with Crippen LogP contribution >= 0.6 is 0 Å². The van der Waals surface area contributed by atoms with Gasteiger partial charge in [0.2, 0.25) is 11.7 Å². The monoisotopic (exact) mass is 294 g/mol. The largest absolute Gasteiger partial charge is 0.353 e. The number of rotatable bonds is 6. The predicted octanol–water partition coefficient (Wildman–Crippen LogP) is -0.299. The summed E-state index contributed by atoms with van der Waals surface area (Å²) in [5.74, 6) is 0.0599. The Balaban J connectivity index is 1.68. The number of amides is 2. The van der Waals surface area contributed by atoms with E-state index in [0.717, 1.165) is 25.7 Å². The molecule has 1 aromatic heterocycles. The number of carbonyl (C=O) groups excluding carboxylic acids is 2. The molecule has 0 saturated heterocycles. The van der Waals surface area contributed by atoms with Crippen molar-refractivity contribution in [2.75, 3.05) is 6.54 Å². The first kappa shape index (κ1) is 15.4. The van der Waals surface area contributed by atoms with E-state index in [1.54, 1.807) is 0 Å². The Bertz CT molecular complexity index is 453. The molecule has 5 N–H and O–H groups in total. The maximum atomic E-state index is 11.8. The highest BCUT2D eigenvalue weighted by molar-refractivity contribution is 5.90. The number of nitrogens with one attached hydrogen (secondary N) is 3. The lowest BCUT2D eigenvalue weighted by Crippen LogP contribution is -2.44. The van der Waals surface area contributed by atoms with Gasteiger partial charge in [0.25, 0.3) is 5.91 Å². The summed E-state index contributed by atoms with van der Waals surface area (Å²) in [5, 5.41) is 13.2. The van der Waals surface area contributed by atoms with Gasteiger partial charge in [0, 0.05) is 18.5 Å². The lowest BCUT2D eigenvalue weighted by molar-refractivity contribution is -0.122. The molecule has 1 saturated carbocycles. The molecular weight excluding hydrogens is 272 g/mol. The Morgan fingerprint density at radius 1 is 1.24 bits per heavy atom. The molecule has 0 atom stereocenters. The Morgan fingerprint density at radius 2 is 1.90 bits per heavy atom. The van der Waals surface area contributed by atoms with Crippen LogP contribution in [0.25, 0.3) is 0 Å². The molecule has 2 amide bonds. The SMILES string of the molecule is NCCCC(=O)NC1CCC(NC(=O)c2nnc[nH]2)CC1. The number of aromatic amines is 1. The molecular formula is C13H22N6O2. The average molecular weight is 294 g/mol. The maximum Gasteiger partial charge on any atom is 0.289 e. The van der Waals surface area contributed by atoms with Crippen molar-refractivity contribution in [2.24, 2.45) is 5.73 Å². The van der Waals surface area contributed by atoms with Crippen LogP contribution in [0.4, 0.5) is 0 Å². The summed E-state index contributed by atoms with van der Waals surface area (Å²) in [6, 6.07) is 0.327. The Morgan fingerprint density at radius 3 is 2.48 bits per heavy atom. The number of aromatic nitrogens is 3. The number of hydrogen-bond donors (Lipinski definition) is 4. The van der Waals surface area contributed by atoms with E-state index in [1.165, 1.54) is 6.33 Å². The Labute approximate surface area is 123 Å². The molecule has 0 spiro atoms. The van der Waals surface area contributed by atoms with Crippen LogP contribution < -0.4 is 16.4 Å². The normalized spacial score (nSPS) is 21.8. The summed E-state index contributed by atoms with van der Waals surface area (Å²) in [7, 11) is 0. The molecule has 0 bridgehead atoms. The number of hydrogen-bond acceptors (Lipinski definition) is 5. The molecule has 1 aliphatic rings. The second-order valence-electron chi connectivity index (χ2n) is 5.32. The van der Waals surface area contributed by atoms with Crippen LogP contribution in [0.3, 0.4) is 0 Å². The van der Waals surface area contributed by atoms with Gasteiger partial charge >= 0.3 is 0 Å². The summed E-state index contributed by atoms with van der Waals surface area (Å²) in [4.78, 5) is 26.1. The second kappa shape index (κ2) is 7.72. The molecule has 1 heterocycles. The van der Waals surface area contributed by atoms with E-state index in [2.05, 4.69) is 25.8 Å². The van der Waals surface area contributed by atoms with Crippen LogP contribution in [0.1, 0.15) is 49.1 Å². The van der Waals surface area contributed by atoms with Gasteiger partial charge in [-0.3, -0.25) is 9.59 Å². The van der Waals surface area contributed by atoms with Gasteiger partial charge in [0.05, 0.1) is 0 Å². The Kier molecular flexibility index (Phi) is 5.68. The molecule has 116 valence electrons. The molecule has 8 nitrogen and oxygen atoms in total. The van der Waals surface area contributed by atoms with Crippen LogP contribution in [0, 0.1) is 0 Å². The lowest BCUT2D eigenvalue weighted by Gasteiger charge is -2.29. The fourth-order valence-electron chi connectivity index (χ4n) is 2.51. The van der Waals surface area contributed by atoms with Crippen molar-refractivity contribution in [1.82, 2.24) is 25.8 Å². The van der Waals surface area contributed by atoms with Crippen molar-refractivity contribution in [2.45, 2.75) is 50.6 Å². The van der Waals surface area contributed by atoms with E-state index in [0.29, 0.717) is 19.4 Å². The van der Waals surface area contributed by atoms with Crippen molar-refractivity contribution >= 4 is 11.8 Å². The number of nitrogens with zero attached hydrogens (tertiary/aromatic N) is 2. The van der Waals surface area contributed by atoms with Crippen LogP contribution in [0.15, 0.2) is 6.33 Å². The first-order chi connectivity index (χ1) is 10.2. The number of H-pyrrole nitrogens is 1. The summed E-state index contributed by atoms with van der Waals surface area (Å²) in [6.07, 6.45) is 6.02. The zero-order chi connectivity index (χ0) is 15.1. The van der Waals surface area contributed by atoms with Gasteiger partial charge in [-0.05, 0) is 38.6 Å². The second-order valence-corrected chi connectivity index (χ2v) is 5.32. The molecule has 0 radical (unpaired) electrons. The average Bonchev–Trinajstić information content (AvgIpc) is 3.01. The fraction of sp³-hybridized carbons (Fsp3) is 0.692. The molecule has 1 aromatic rings. The minimum atomic E-state index is -0.233. The minimum absolute atomic E-state index is 0.0644. The van der Waals surface area contributed by atoms with E-state index in [1.807, 2.05) is 0 Å². The van der Waals surface area contributed by atoms with Crippen molar-refractivity contribution in [3.8, 4) is 0 Å². The topological polar surface area (TPSA) is 126 Å². The molecule has 8 heteroatoms. The smallest absolute Gasteiger partial charge is 0.289 e. The quantitative estimate of drug-likeness (QED) is 0.573. The van der Waals surface area contributed by atoms with Gasteiger partial charge in [-0.15, -0.1) is 10.2 Å². The predicted molar refractivity (Wildman–Crippen MR) is 76.3 cm³/mol. The first-order valence-electron chi connectivity index (χ1n) is 7.35. The summed E-state index contributed by atoms with van der Waals surface area (Å²) < 4.78 is 0. The zero-order valence-electron chi connectivity index (χ0n) is 12.0. The van der Waals surface area contributed by atoms with E-state index in [4.69, 9.17) is 5.73 Å². The van der Waals surface area contributed by atoms with Crippen molar-refractivity contribution < 1.29 is 9.59 Å². The molecule has 1 fully saturated rings. The van der Waals surface area contributed by atoms with Crippen molar-refractivity contribution in [3.63, 3.8) is 0 Å². The number of nitrogens with two attached hydrogens (primary N) is 1. The standard InChI is InChI=1S/C13H22N6O2/c14-7-1-2-11(20)17-9-3-5-10(6-4-9)18-13(21)12-15-8-16-19-12/h8-10H,1-7,14H2,(H,17,20)(H,18,21)(H,15,16,19). The van der Waals surface area contributed by atoms with E-state index in [-0.39, 0.29) is 29.7 Å². The van der Waals surface area contributed by atoms with Gasteiger partial charge in [-0.2, -0.15) is 0 Å². The third kappa shape index (κ3) is 4.82. The van der Waals surface area contributed by atoms with E-state index in [9.17, 15) is 9.59 Å². The van der Waals surface area contributed by atoms with Crippen molar-refractivity contribution in [3.05, 3.63) is 12.2 Å². The van der Waals surface area contributed by atoms with E-state index < -0.39 is 0 Å². The molecule has 0 unspecified atom stereocenters. The van der Waals surface area contributed by atoms with Gasteiger partial charge in [0.15, 0.2) is 0 Å². The highest BCUT2D eigenvalue weighted by atomic mass is 16.2. The third-order valence-corrected chi connectivity index (χ3v) is 3.67. The number of carbonyl (C=O) groups is 2. The highest BCUT2D eigenvalue weighted by Gasteiger charge is 2.24. The fourth-order valence-corrected chi connectivity index (χ4v) is 2.51. The lowest BCUT2D eigenvalue weighted by atomic mass is 9.91. The minimum Gasteiger partial charge on any atom is -0.353 e. The van der Waals surface area contributed by atoms with Crippen LogP contribution in [-0.2, 0) is 4.79 Å². The van der Waals surface area contributed by atoms with Gasteiger partial charge < -0.3 is 21.4 Å². The summed E-state index contributed by atoms with van der Waals surface area (Å²) >= 11 is 0. The van der Waals surface area contributed by atoms with Crippen LogP contribution in [-0.4, -0.2) is 45.6 Å². The zero-order valence-corrected chi connectivity index (χ0v) is 12.0. The first-order valence-corrected chi connectivity index (χ1v) is 7.35. The Hall–Kier alpha value is -1.96. The van der Waals surface area contributed by atoms with Gasteiger partial charge in [-0.1, -0.05) is 0 Å². The molecule has 0 aliphatic heterocycles. The van der Waals surface area contributed by atoms with Crippen LogP contribution in [0.2, 0.25) is 0 Å². The van der Waals surface area contributed by atoms with Gasteiger partial charge in [0.1, 0.15) is 6.33 Å². The highest BCUT2D eigenvalue weighted by Crippen LogP contribution is 2.19. The van der Waals surface area contributed by atoms with Crippen molar-refractivity contribution in [1.29, 1.82) is 0 Å². The van der Waals surface area contributed by atoms with Crippen LogP contribution in [0.5, 0.6) is 0 Å². The molecule has 1 aliphatic carbocycles. The van der Waals surface area contributed by atoms with E-state index >= 15 is 0 Å². The summed E-state index contributed by atoms with van der Waals surface area (Å²) in [5.41, 5.74) is 5.38. The molecule has 0 aromatic carbocycles. The molecule has 21 heavy (non-hydrogen) atoms. The third-order valence-electron chi connectivity index (χ3n) is 3.67. The van der Waals surface area contributed by atoms with Gasteiger partial charge in [-0.25, -0.2) is 0 Å².